The van der Waals surface area contributed by atoms with E-state index in [-0.39, 0.29) is 12.3 Å². The monoisotopic (exact) mass is 406 g/mol. The number of hydrogen-bond acceptors (Lipinski definition) is 3. The van der Waals surface area contributed by atoms with E-state index in [1.807, 2.05) is 54.6 Å². The first-order valence-corrected chi connectivity index (χ1v) is 8.93. The summed E-state index contributed by atoms with van der Waals surface area (Å²) in [5.41, 5.74) is 10.5. The molecule has 3 aromatic carbocycles. The molecular formula is C21H15BrN2O2. The van der Waals surface area contributed by atoms with Gasteiger partial charge in [-0.2, -0.15) is 0 Å². The number of rotatable bonds is 4. The predicted molar refractivity (Wildman–Crippen MR) is 105 cm³/mol. The number of fused-ring (bicyclic) bond motifs is 1. The quantitative estimate of drug-likeness (QED) is 0.520. The summed E-state index contributed by atoms with van der Waals surface area (Å²) in [6.45, 7) is 0. The number of nitrogens with zero attached hydrogens (tertiary/aromatic N) is 1. The van der Waals surface area contributed by atoms with Crippen molar-refractivity contribution in [1.82, 2.24) is 4.98 Å². The molecule has 0 atom stereocenters. The van der Waals surface area contributed by atoms with E-state index in [0.717, 1.165) is 32.2 Å². The lowest BCUT2D eigenvalue weighted by molar-refractivity contribution is -0.117. The molecule has 0 fully saturated rings. The molecule has 5 heteroatoms. The summed E-state index contributed by atoms with van der Waals surface area (Å²) in [5.74, 6) is 0.0869. The molecule has 0 spiro atoms. The first-order valence-electron chi connectivity index (χ1n) is 8.14. The van der Waals surface area contributed by atoms with Crippen molar-refractivity contribution in [2.75, 3.05) is 0 Å². The lowest BCUT2D eigenvalue weighted by Crippen LogP contribution is -2.14. The summed E-state index contributed by atoms with van der Waals surface area (Å²) in [6, 6.07) is 21.6. The summed E-state index contributed by atoms with van der Waals surface area (Å²) in [6.07, 6.45) is 0.144. The third-order valence-corrected chi connectivity index (χ3v) is 4.75. The maximum absolute atomic E-state index is 11.3. The summed E-state index contributed by atoms with van der Waals surface area (Å²) < 4.78 is 6.82. The normalized spacial score (nSPS) is 11.0. The Kier molecular flexibility index (Phi) is 4.31. The molecule has 0 saturated heterocycles. The van der Waals surface area contributed by atoms with Gasteiger partial charge in [0.2, 0.25) is 11.8 Å². The molecule has 26 heavy (non-hydrogen) atoms. The van der Waals surface area contributed by atoms with E-state index in [0.29, 0.717) is 11.5 Å². The number of nitrogens with two attached hydrogens (primary N) is 1. The summed E-state index contributed by atoms with van der Waals surface area (Å²) in [7, 11) is 0. The van der Waals surface area contributed by atoms with Crippen LogP contribution in [0.4, 0.5) is 0 Å². The number of amides is 1. The van der Waals surface area contributed by atoms with E-state index in [9.17, 15) is 4.79 Å². The van der Waals surface area contributed by atoms with Crippen molar-refractivity contribution in [3.8, 4) is 22.6 Å². The second kappa shape index (κ2) is 6.77. The highest BCUT2D eigenvalue weighted by Crippen LogP contribution is 2.34. The van der Waals surface area contributed by atoms with Gasteiger partial charge in [0, 0.05) is 5.56 Å². The molecule has 1 aromatic heterocycles. The zero-order valence-corrected chi connectivity index (χ0v) is 15.4. The van der Waals surface area contributed by atoms with Crippen LogP contribution in [0.15, 0.2) is 75.6 Å². The van der Waals surface area contributed by atoms with Gasteiger partial charge in [0.1, 0.15) is 5.52 Å². The lowest BCUT2D eigenvalue weighted by Gasteiger charge is -2.03. The molecule has 0 bridgehead atoms. The average Bonchev–Trinajstić information content (AvgIpc) is 3.07. The third-order valence-electron chi connectivity index (χ3n) is 4.16. The minimum atomic E-state index is -0.388. The van der Waals surface area contributed by atoms with Crippen LogP contribution in [0.2, 0.25) is 0 Å². The molecule has 0 unspecified atom stereocenters. The molecule has 0 aliphatic heterocycles. The van der Waals surface area contributed by atoms with E-state index in [1.54, 1.807) is 0 Å². The van der Waals surface area contributed by atoms with Gasteiger partial charge in [-0.15, -0.1) is 0 Å². The summed E-state index contributed by atoms with van der Waals surface area (Å²) >= 11 is 3.58. The van der Waals surface area contributed by atoms with Crippen LogP contribution in [-0.4, -0.2) is 10.9 Å². The van der Waals surface area contributed by atoms with Crippen molar-refractivity contribution >= 4 is 32.9 Å². The van der Waals surface area contributed by atoms with Crippen molar-refractivity contribution in [2.45, 2.75) is 6.42 Å². The summed E-state index contributed by atoms with van der Waals surface area (Å²) in [5, 5.41) is 0. The molecule has 0 radical (unpaired) electrons. The third kappa shape index (κ3) is 3.13. The number of primary amides is 1. The first-order chi connectivity index (χ1) is 12.6. The van der Waals surface area contributed by atoms with Crippen molar-refractivity contribution in [2.24, 2.45) is 5.73 Å². The number of carbonyl (C=O) groups is 1. The minimum absolute atomic E-state index is 0.144. The fourth-order valence-electron chi connectivity index (χ4n) is 2.98. The van der Waals surface area contributed by atoms with Gasteiger partial charge in [0.15, 0.2) is 5.58 Å². The molecule has 128 valence electrons. The topological polar surface area (TPSA) is 69.1 Å². The maximum atomic E-state index is 11.3. The standard InChI is InChI=1S/C21H15BrN2O2/c22-17-10-15(13-6-2-1-3-7-13)11-18-20(17)26-21(24-18)16-9-5-4-8-14(16)12-19(23)25/h1-11H,12H2,(H2,23,25). The van der Waals surface area contributed by atoms with Crippen molar-refractivity contribution in [3.63, 3.8) is 0 Å². The molecule has 2 N–H and O–H groups in total. The Labute approximate surface area is 158 Å². The van der Waals surface area contributed by atoms with Gasteiger partial charge in [-0.3, -0.25) is 4.79 Å². The summed E-state index contributed by atoms with van der Waals surface area (Å²) in [4.78, 5) is 16.0. The molecule has 4 rings (SSSR count). The molecule has 4 nitrogen and oxygen atoms in total. The van der Waals surface area contributed by atoms with Gasteiger partial charge in [-0.1, -0.05) is 48.5 Å². The Hall–Kier alpha value is -2.92. The van der Waals surface area contributed by atoms with E-state index < -0.39 is 0 Å². The van der Waals surface area contributed by atoms with Gasteiger partial charge in [-0.25, -0.2) is 4.98 Å². The molecule has 1 heterocycles. The second-order valence-electron chi connectivity index (χ2n) is 5.99. The van der Waals surface area contributed by atoms with Crippen molar-refractivity contribution < 1.29 is 9.21 Å². The van der Waals surface area contributed by atoms with E-state index in [2.05, 4.69) is 33.0 Å². The Morgan fingerprint density at radius 2 is 1.73 bits per heavy atom. The first kappa shape index (κ1) is 16.5. The number of hydrogen-bond donors (Lipinski definition) is 1. The zero-order chi connectivity index (χ0) is 18.1. The smallest absolute Gasteiger partial charge is 0.227 e. The second-order valence-corrected chi connectivity index (χ2v) is 6.85. The van der Waals surface area contributed by atoms with Crippen LogP contribution in [0.3, 0.4) is 0 Å². The van der Waals surface area contributed by atoms with E-state index >= 15 is 0 Å². The fraction of sp³-hybridized carbons (Fsp3) is 0.0476. The van der Waals surface area contributed by atoms with Crippen molar-refractivity contribution in [1.29, 1.82) is 0 Å². The van der Waals surface area contributed by atoms with Gasteiger partial charge >= 0.3 is 0 Å². The SMILES string of the molecule is NC(=O)Cc1ccccc1-c1nc2cc(-c3ccccc3)cc(Br)c2o1. The highest BCUT2D eigenvalue weighted by Gasteiger charge is 2.16. The van der Waals surface area contributed by atoms with E-state index in [1.165, 1.54) is 0 Å². The molecule has 0 aliphatic rings. The lowest BCUT2D eigenvalue weighted by atomic mass is 10.0. The Bertz CT molecular complexity index is 1100. The highest BCUT2D eigenvalue weighted by molar-refractivity contribution is 9.10. The van der Waals surface area contributed by atoms with Crippen LogP contribution in [0, 0.1) is 0 Å². The maximum Gasteiger partial charge on any atom is 0.227 e. The Morgan fingerprint density at radius 1 is 1.00 bits per heavy atom. The van der Waals surface area contributed by atoms with Gasteiger partial charge in [0.25, 0.3) is 0 Å². The minimum Gasteiger partial charge on any atom is -0.435 e. The van der Waals surface area contributed by atoms with Crippen molar-refractivity contribution in [3.05, 3.63) is 76.8 Å². The largest absolute Gasteiger partial charge is 0.435 e. The molecule has 1 amide bonds. The van der Waals surface area contributed by atoms with Crippen LogP contribution < -0.4 is 5.73 Å². The van der Waals surface area contributed by atoms with Gasteiger partial charge in [0.05, 0.1) is 10.9 Å². The number of carbonyl (C=O) groups excluding carboxylic acids is 1. The Morgan fingerprint density at radius 3 is 2.50 bits per heavy atom. The van der Waals surface area contributed by atoms with Crippen LogP contribution in [-0.2, 0) is 11.2 Å². The van der Waals surface area contributed by atoms with Crippen LogP contribution in [0.25, 0.3) is 33.7 Å². The molecule has 0 saturated carbocycles. The zero-order valence-electron chi connectivity index (χ0n) is 13.8. The van der Waals surface area contributed by atoms with Crippen LogP contribution in [0.5, 0.6) is 0 Å². The number of oxazole rings is 1. The van der Waals surface area contributed by atoms with Crippen LogP contribution in [0.1, 0.15) is 5.56 Å². The molecular weight excluding hydrogens is 392 g/mol. The number of halogens is 1. The predicted octanol–water partition coefficient (Wildman–Crippen LogP) is 4.95. The van der Waals surface area contributed by atoms with Gasteiger partial charge in [-0.05, 0) is 50.8 Å². The highest BCUT2D eigenvalue weighted by atomic mass is 79.9. The number of benzene rings is 3. The Balaban J connectivity index is 1.84. The fourth-order valence-corrected chi connectivity index (χ4v) is 3.51. The molecule has 4 aromatic rings. The van der Waals surface area contributed by atoms with E-state index in [4.69, 9.17) is 10.2 Å². The van der Waals surface area contributed by atoms with Crippen LogP contribution >= 0.6 is 15.9 Å². The van der Waals surface area contributed by atoms with Gasteiger partial charge < -0.3 is 10.2 Å². The average molecular weight is 407 g/mol. The number of aromatic nitrogens is 1. The molecule has 0 aliphatic carbocycles.